The second kappa shape index (κ2) is 34.8. The highest BCUT2D eigenvalue weighted by atomic mass is 79.9. The normalized spacial score (nSPS) is 15.9. The Hall–Kier alpha value is -11.3. The number of methoxy groups -OCH3 is 2. The molecule has 0 saturated heterocycles. The largest absolute Gasteiger partial charge is 0.488 e. The minimum absolute atomic E-state index is 0.00176. The monoisotopic (exact) mass is 1470 g/mol. The van der Waals surface area contributed by atoms with Crippen LogP contribution < -0.4 is 48.1 Å². The first-order chi connectivity index (χ1) is 51.1. The van der Waals surface area contributed by atoms with Gasteiger partial charge in [-0.15, -0.1) is 17.8 Å². The first-order valence-corrected chi connectivity index (χ1v) is 35.4. The average molecular weight is 1470 g/mol. The first kappa shape index (κ1) is 73.5. The third-order valence-electron chi connectivity index (χ3n) is 18.8. The number of hydrogen-bond acceptors (Lipinski definition) is 16. The number of rotatable bonds is 18. The van der Waals surface area contributed by atoms with E-state index in [0.717, 1.165) is 122 Å². The zero-order valence-corrected chi connectivity index (χ0v) is 60.4. The molecular formula is C86H78BBrO17. The number of carboxylic acid groups (broad SMARTS) is 1. The minimum atomic E-state index is -1.46. The van der Waals surface area contributed by atoms with Crippen LogP contribution in [-0.4, -0.2) is 74.8 Å². The number of carbonyl (C=O) groups excluding carboxylic acids is 2. The lowest BCUT2D eigenvalue weighted by molar-refractivity contribution is -0.141. The van der Waals surface area contributed by atoms with Crippen molar-refractivity contribution in [1.29, 1.82) is 0 Å². The van der Waals surface area contributed by atoms with Crippen molar-refractivity contribution in [2.45, 2.75) is 115 Å². The topological polar surface area (TPSA) is 213 Å². The van der Waals surface area contributed by atoms with Gasteiger partial charge in [0.1, 0.15) is 35.6 Å². The smallest absolute Gasteiger partial charge is 0.486 e. The summed E-state index contributed by atoms with van der Waals surface area (Å²) in [5.74, 6) is 22.5. The van der Waals surface area contributed by atoms with Crippen molar-refractivity contribution in [3.05, 3.63) is 237 Å². The van der Waals surface area contributed by atoms with Gasteiger partial charge < -0.3 is 67.3 Å². The molecule has 0 saturated carbocycles. The van der Waals surface area contributed by atoms with Crippen LogP contribution in [0.15, 0.2) is 186 Å². The van der Waals surface area contributed by atoms with Gasteiger partial charge in [0.25, 0.3) is 0 Å². The number of aryl methyl sites for hydroxylation is 3. The van der Waals surface area contributed by atoms with Gasteiger partial charge in [-0.05, 0) is 222 Å². The lowest BCUT2D eigenvalue weighted by atomic mass is 9.80. The van der Waals surface area contributed by atoms with E-state index in [-0.39, 0.29) is 87.6 Å². The molecule has 0 radical (unpaired) electrons. The molecule has 19 heteroatoms. The van der Waals surface area contributed by atoms with E-state index in [1.807, 2.05) is 97.1 Å². The summed E-state index contributed by atoms with van der Waals surface area (Å²) >= 11 is 3.52. The number of aliphatic carboxylic acids is 1. The van der Waals surface area contributed by atoms with Gasteiger partial charge >= 0.3 is 25.0 Å². The average Bonchev–Trinajstić information content (AvgIpc) is 1.68. The minimum Gasteiger partial charge on any atom is -0.486 e. The molecule has 105 heavy (non-hydrogen) atoms. The van der Waals surface area contributed by atoms with Crippen LogP contribution in [0.3, 0.4) is 0 Å². The number of benzene rings is 9. The summed E-state index contributed by atoms with van der Waals surface area (Å²) in [4.78, 5) is 34.4. The second-order valence-electron chi connectivity index (χ2n) is 25.4. The number of carbonyl (C=O) groups is 3. The summed E-state index contributed by atoms with van der Waals surface area (Å²) < 4.78 is 61.5. The molecule has 3 unspecified atom stereocenters. The van der Waals surface area contributed by atoms with Crippen molar-refractivity contribution < 1.29 is 81.6 Å². The molecule has 0 fully saturated rings. The van der Waals surface area contributed by atoms with E-state index >= 15 is 0 Å². The molecule has 3 N–H and O–H groups in total. The standard InChI is InChI=1S/C29H26O5.C28H24O5.C22H21BrO3.C7H7BO4/c1-3-4-20(17-29(30)31-2)19-5-10-24(11-6-19)34-26-13-9-23-15-21(7-12-25(23)26)22-8-14-27-28(16-22)33-18-32-27;1-2-3-19(16-28(29)30)18-4-9-23(10-5-18)33-25-12-8-22-14-20(6-11-24(22)25)21-7-13-26-27(15-21)32-17-31-26;1-3-4-16(14-22(24)25-2)15-5-9-19(10-6-15)26-21-12-7-17-13-18(23)8-11-20(17)21;9-8(10)5-1-2-6-7(3-5)12-4-11-6/h5-8,10-12,14-16,20,26H,9,13,17-18H2,1-2H3;4-7,9-11,13-15,19,25H,8,12,16-17H2,1H3,(H,29,30);5-6,8-11,13,16,21H,7,12,14H2,1-2H3;1-3,9-10H,4H2/t20-,26?;19-,25?;16-,21?;/m111./s1. The van der Waals surface area contributed by atoms with Crippen molar-refractivity contribution in [1.82, 2.24) is 0 Å². The van der Waals surface area contributed by atoms with Gasteiger partial charge in [-0.1, -0.05) is 131 Å². The Labute approximate surface area is 619 Å². The Balaban J connectivity index is 0.000000138. The summed E-state index contributed by atoms with van der Waals surface area (Å²) in [5, 5.41) is 26.8. The molecule has 0 aromatic heterocycles. The molecule has 15 rings (SSSR count). The van der Waals surface area contributed by atoms with Gasteiger partial charge in [0.15, 0.2) is 34.5 Å². The lowest BCUT2D eigenvalue weighted by Crippen LogP contribution is -2.29. The van der Waals surface area contributed by atoms with Crippen LogP contribution in [0.1, 0.15) is 145 Å². The summed E-state index contributed by atoms with van der Waals surface area (Å²) in [6.07, 6.45) is 6.40. The molecule has 9 aromatic rings. The maximum Gasteiger partial charge on any atom is 0.488 e. The maximum atomic E-state index is 11.7. The number of hydrogen-bond donors (Lipinski definition) is 3. The van der Waals surface area contributed by atoms with E-state index in [1.54, 1.807) is 39.0 Å². The van der Waals surface area contributed by atoms with Gasteiger partial charge in [-0.2, -0.15) is 0 Å². The molecule has 17 nitrogen and oxygen atoms in total. The van der Waals surface area contributed by atoms with E-state index in [0.29, 0.717) is 17.0 Å². The SMILES string of the molecule is CC#C[C@H](CC(=O)O)c1ccc(OC2CCc3cc(-c4ccc5c(c4)OCO5)ccc32)cc1.CC#C[C@H](CC(=O)OC)c1ccc(OC2CCc3cc(-c4ccc5c(c4)OCO5)ccc32)cc1.CC#C[C@H](CC(=O)OC)c1ccc(OC2CCc3cc(Br)ccc32)cc1.OB(O)c1ccc2c(c1)OCO2. The Morgan fingerprint density at radius 1 is 0.429 bits per heavy atom. The molecule has 3 aliphatic carbocycles. The lowest BCUT2D eigenvalue weighted by Gasteiger charge is -2.17. The Morgan fingerprint density at radius 3 is 1.13 bits per heavy atom. The molecular weight excluding hydrogens is 1400 g/mol. The van der Waals surface area contributed by atoms with E-state index in [9.17, 15) is 14.4 Å². The number of esters is 2. The molecule has 0 spiro atoms. The molecule has 6 atom stereocenters. The molecule has 0 amide bonds. The van der Waals surface area contributed by atoms with Crippen molar-refractivity contribution >= 4 is 46.4 Å². The molecule has 6 aliphatic rings. The fourth-order valence-corrected chi connectivity index (χ4v) is 13.8. The third-order valence-corrected chi connectivity index (χ3v) is 19.3. The number of ether oxygens (including phenoxy) is 11. The highest BCUT2D eigenvalue weighted by Gasteiger charge is 2.29. The van der Waals surface area contributed by atoms with Crippen LogP contribution in [0, 0.1) is 35.5 Å². The maximum absolute atomic E-state index is 11.7. The number of halogens is 1. The molecule has 3 heterocycles. The Kier molecular flexibility index (Phi) is 24.4. The van der Waals surface area contributed by atoms with Gasteiger partial charge in [-0.3, -0.25) is 14.4 Å². The highest BCUT2D eigenvalue weighted by Crippen LogP contribution is 2.44. The molecule has 0 bridgehead atoms. The summed E-state index contributed by atoms with van der Waals surface area (Å²) in [7, 11) is 1.33. The van der Waals surface area contributed by atoms with E-state index < -0.39 is 13.1 Å². The van der Waals surface area contributed by atoms with Crippen molar-refractivity contribution in [2.24, 2.45) is 0 Å². The van der Waals surface area contributed by atoms with Gasteiger partial charge in [0.05, 0.1) is 51.2 Å². The summed E-state index contributed by atoms with van der Waals surface area (Å²) in [6, 6.07) is 59.7. The van der Waals surface area contributed by atoms with E-state index in [4.69, 9.17) is 67.3 Å². The first-order valence-electron chi connectivity index (χ1n) is 34.6. The molecule has 3 aliphatic heterocycles. The van der Waals surface area contributed by atoms with Gasteiger partial charge in [0.2, 0.25) is 20.4 Å². The summed E-state index contributed by atoms with van der Waals surface area (Å²) in [6.45, 7) is 6.02. The fourth-order valence-electron chi connectivity index (χ4n) is 13.4. The quantitative estimate of drug-likeness (QED) is 0.0414. The second-order valence-corrected chi connectivity index (χ2v) is 26.4. The Morgan fingerprint density at radius 2 is 0.762 bits per heavy atom. The fraction of sp³-hybridized carbons (Fsp3) is 0.267. The van der Waals surface area contributed by atoms with Crippen molar-refractivity contribution in [3.8, 4) is 110 Å². The predicted molar refractivity (Wildman–Crippen MR) is 401 cm³/mol. The third kappa shape index (κ3) is 18.6. The number of fused-ring (bicyclic) bond motifs is 6. The van der Waals surface area contributed by atoms with Crippen LogP contribution in [-0.2, 0) is 43.1 Å². The van der Waals surface area contributed by atoms with E-state index in [2.05, 4.69) is 118 Å². The molecule has 9 aromatic carbocycles. The zero-order chi connectivity index (χ0) is 73.3. The van der Waals surface area contributed by atoms with Crippen molar-refractivity contribution in [3.63, 3.8) is 0 Å². The van der Waals surface area contributed by atoms with Gasteiger partial charge in [0, 0.05) is 4.47 Å². The van der Waals surface area contributed by atoms with Crippen molar-refractivity contribution in [2.75, 3.05) is 34.6 Å². The van der Waals surface area contributed by atoms with Crippen LogP contribution in [0.2, 0.25) is 0 Å². The molecule has 534 valence electrons. The predicted octanol–water partition coefficient (Wildman–Crippen LogP) is 15.8. The van der Waals surface area contributed by atoms with Crippen LogP contribution in [0.5, 0.6) is 51.7 Å². The van der Waals surface area contributed by atoms with Crippen LogP contribution in [0.4, 0.5) is 0 Å². The zero-order valence-electron chi connectivity index (χ0n) is 58.8. The Bertz CT molecular complexity index is 4810. The highest BCUT2D eigenvalue weighted by molar-refractivity contribution is 9.10. The number of carboxylic acids is 1. The van der Waals surface area contributed by atoms with Crippen LogP contribution >= 0.6 is 15.9 Å². The van der Waals surface area contributed by atoms with E-state index in [1.165, 1.54) is 47.6 Å². The van der Waals surface area contributed by atoms with Crippen LogP contribution in [0.25, 0.3) is 22.3 Å². The van der Waals surface area contributed by atoms with Gasteiger partial charge in [-0.25, -0.2) is 0 Å². The summed E-state index contributed by atoms with van der Waals surface area (Å²) in [5.41, 5.74) is 15.5.